The molecule has 0 aliphatic rings. The van der Waals surface area contributed by atoms with Gasteiger partial charge in [-0.05, 0) is 42.3 Å². The monoisotopic (exact) mass is 281 g/mol. The fourth-order valence-electron chi connectivity index (χ4n) is 2.21. The zero-order valence-electron chi connectivity index (χ0n) is 12.1. The number of carbonyl (C=O) groups is 1. The summed E-state index contributed by atoms with van der Waals surface area (Å²) >= 11 is 0. The third-order valence-corrected chi connectivity index (χ3v) is 3.25. The van der Waals surface area contributed by atoms with Gasteiger partial charge in [0.25, 0.3) is 0 Å². The minimum Gasteiger partial charge on any atom is -0.478 e. The predicted octanol–water partition coefficient (Wildman–Crippen LogP) is 3.81. The van der Waals surface area contributed by atoms with Gasteiger partial charge < -0.3 is 10.0 Å². The first-order chi connectivity index (χ1) is 10.2. The van der Waals surface area contributed by atoms with Crippen molar-refractivity contribution in [2.45, 2.75) is 13.5 Å². The lowest BCUT2D eigenvalue weighted by atomic mass is 10.1. The summed E-state index contributed by atoms with van der Waals surface area (Å²) in [5.41, 5.74) is 3.25. The smallest absolute Gasteiger partial charge is 0.328 e. The Morgan fingerprint density at radius 1 is 1.14 bits per heavy atom. The van der Waals surface area contributed by atoms with Crippen LogP contribution in [0, 0.1) is 0 Å². The van der Waals surface area contributed by atoms with Crippen molar-refractivity contribution in [2.75, 3.05) is 11.4 Å². The molecule has 0 atom stereocenters. The molecule has 0 saturated carbocycles. The Morgan fingerprint density at radius 3 is 2.57 bits per heavy atom. The number of anilines is 1. The molecule has 0 aromatic heterocycles. The van der Waals surface area contributed by atoms with Crippen LogP contribution >= 0.6 is 0 Å². The van der Waals surface area contributed by atoms with E-state index in [9.17, 15) is 4.79 Å². The lowest BCUT2D eigenvalue weighted by molar-refractivity contribution is -0.131. The Morgan fingerprint density at radius 2 is 1.90 bits per heavy atom. The van der Waals surface area contributed by atoms with Gasteiger partial charge >= 0.3 is 5.97 Å². The molecule has 0 unspecified atom stereocenters. The lowest BCUT2D eigenvalue weighted by Gasteiger charge is -2.23. The van der Waals surface area contributed by atoms with Crippen LogP contribution in [-0.2, 0) is 11.3 Å². The first-order valence-electron chi connectivity index (χ1n) is 6.99. The van der Waals surface area contributed by atoms with Crippen LogP contribution < -0.4 is 4.90 Å². The molecule has 2 aromatic rings. The lowest BCUT2D eigenvalue weighted by Crippen LogP contribution is -2.21. The molecule has 0 heterocycles. The molecule has 1 N–H and O–H groups in total. The molecule has 3 heteroatoms. The molecule has 0 fully saturated rings. The molecular formula is C18H19NO2. The third kappa shape index (κ3) is 4.49. The summed E-state index contributed by atoms with van der Waals surface area (Å²) in [7, 11) is 0. The van der Waals surface area contributed by atoms with Crippen LogP contribution in [0.2, 0.25) is 0 Å². The van der Waals surface area contributed by atoms with Crippen LogP contribution in [0.15, 0.2) is 60.7 Å². The van der Waals surface area contributed by atoms with Crippen molar-refractivity contribution in [3.8, 4) is 0 Å². The Hall–Kier alpha value is -2.55. The van der Waals surface area contributed by atoms with Crippen LogP contribution in [0.5, 0.6) is 0 Å². The Bertz CT molecular complexity index is 620. The standard InChI is InChI=1S/C18H19NO2/c1-2-19(17-9-4-3-5-10-17)14-16-8-6-7-15(13-16)11-12-18(20)21/h3-13H,2,14H2,1H3,(H,20,21). The fraction of sp³-hybridized carbons (Fsp3) is 0.167. The summed E-state index contributed by atoms with van der Waals surface area (Å²) < 4.78 is 0. The molecule has 2 rings (SSSR count). The molecular weight excluding hydrogens is 262 g/mol. The maximum absolute atomic E-state index is 10.6. The predicted molar refractivity (Wildman–Crippen MR) is 86.3 cm³/mol. The van der Waals surface area contributed by atoms with Gasteiger partial charge in [-0.1, -0.05) is 36.4 Å². The van der Waals surface area contributed by atoms with Crippen LogP contribution in [0.4, 0.5) is 5.69 Å². The molecule has 3 nitrogen and oxygen atoms in total. The van der Waals surface area contributed by atoms with E-state index in [1.807, 2.05) is 36.4 Å². The molecule has 2 aromatic carbocycles. The third-order valence-electron chi connectivity index (χ3n) is 3.25. The van der Waals surface area contributed by atoms with E-state index in [1.165, 1.54) is 5.69 Å². The quantitative estimate of drug-likeness (QED) is 0.818. The number of rotatable bonds is 6. The van der Waals surface area contributed by atoms with E-state index in [0.29, 0.717) is 0 Å². The highest BCUT2D eigenvalue weighted by molar-refractivity contribution is 5.85. The van der Waals surface area contributed by atoms with E-state index >= 15 is 0 Å². The van der Waals surface area contributed by atoms with Crippen LogP contribution in [0.25, 0.3) is 6.08 Å². The van der Waals surface area contributed by atoms with Gasteiger partial charge in [0.2, 0.25) is 0 Å². The van der Waals surface area contributed by atoms with E-state index in [0.717, 1.165) is 30.3 Å². The Labute approximate surface area is 125 Å². The Kier molecular flexibility index (Phi) is 5.16. The second-order valence-corrected chi connectivity index (χ2v) is 4.77. The van der Waals surface area contributed by atoms with Crippen molar-refractivity contribution < 1.29 is 9.90 Å². The van der Waals surface area contributed by atoms with Gasteiger partial charge in [-0.25, -0.2) is 4.79 Å². The second kappa shape index (κ2) is 7.29. The van der Waals surface area contributed by atoms with Gasteiger partial charge in [-0.2, -0.15) is 0 Å². The summed E-state index contributed by atoms with van der Waals surface area (Å²) in [6, 6.07) is 18.2. The minimum absolute atomic E-state index is 0.801. The molecule has 0 radical (unpaired) electrons. The number of benzene rings is 2. The summed E-state index contributed by atoms with van der Waals surface area (Å²) in [6.45, 7) is 3.84. The molecule has 0 spiro atoms. The van der Waals surface area contributed by atoms with Crippen molar-refractivity contribution in [3.05, 3.63) is 71.8 Å². The normalized spacial score (nSPS) is 10.7. The van der Waals surface area contributed by atoms with E-state index in [2.05, 4.69) is 30.0 Å². The number of hydrogen-bond donors (Lipinski definition) is 1. The zero-order valence-corrected chi connectivity index (χ0v) is 12.1. The summed E-state index contributed by atoms with van der Waals surface area (Å²) in [4.78, 5) is 12.8. The van der Waals surface area contributed by atoms with Gasteiger partial charge in [0, 0.05) is 24.9 Å². The van der Waals surface area contributed by atoms with Crippen molar-refractivity contribution >= 4 is 17.7 Å². The minimum atomic E-state index is -0.931. The summed E-state index contributed by atoms with van der Waals surface area (Å²) in [5.74, 6) is -0.931. The summed E-state index contributed by atoms with van der Waals surface area (Å²) in [5, 5.41) is 8.68. The molecule has 0 aliphatic carbocycles. The molecule has 0 amide bonds. The van der Waals surface area contributed by atoms with E-state index < -0.39 is 5.97 Å². The zero-order chi connectivity index (χ0) is 15.1. The van der Waals surface area contributed by atoms with Gasteiger partial charge in [0.15, 0.2) is 0 Å². The number of nitrogens with zero attached hydrogens (tertiary/aromatic N) is 1. The van der Waals surface area contributed by atoms with E-state index in [4.69, 9.17) is 5.11 Å². The highest BCUT2D eigenvalue weighted by Crippen LogP contribution is 2.17. The van der Waals surface area contributed by atoms with Crippen molar-refractivity contribution in [2.24, 2.45) is 0 Å². The molecule has 0 saturated heterocycles. The van der Waals surface area contributed by atoms with Gasteiger partial charge in [-0.15, -0.1) is 0 Å². The van der Waals surface area contributed by atoms with Crippen LogP contribution in [-0.4, -0.2) is 17.6 Å². The Balaban J connectivity index is 2.15. The summed E-state index contributed by atoms with van der Waals surface area (Å²) in [6.07, 6.45) is 2.78. The average molecular weight is 281 g/mol. The first-order valence-corrected chi connectivity index (χ1v) is 6.99. The fourth-order valence-corrected chi connectivity index (χ4v) is 2.21. The van der Waals surface area contributed by atoms with Crippen molar-refractivity contribution in [3.63, 3.8) is 0 Å². The largest absolute Gasteiger partial charge is 0.478 e. The van der Waals surface area contributed by atoms with Gasteiger partial charge in [0.05, 0.1) is 0 Å². The van der Waals surface area contributed by atoms with Gasteiger partial charge in [0.1, 0.15) is 0 Å². The second-order valence-electron chi connectivity index (χ2n) is 4.77. The van der Waals surface area contributed by atoms with Gasteiger partial charge in [-0.3, -0.25) is 0 Å². The first kappa shape index (κ1) is 14.9. The molecule has 0 bridgehead atoms. The molecule has 21 heavy (non-hydrogen) atoms. The maximum Gasteiger partial charge on any atom is 0.328 e. The number of hydrogen-bond acceptors (Lipinski definition) is 2. The molecule has 108 valence electrons. The number of aliphatic carboxylic acids is 1. The number of carboxylic acids is 1. The van der Waals surface area contributed by atoms with Crippen molar-refractivity contribution in [1.29, 1.82) is 0 Å². The number of para-hydroxylation sites is 1. The highest BCUT2D eigenvalue weighted by Gasteiger charge is 2.04. The van der Waals surface area contributed by atoms with E-state index in [1.54, 1.807) is 6.08 Å². The number of carboxylic acid groups (broad SMARTS) is 1. The highest BCUT2D eigenvalue weighted by atomic mass is 16.4. The topological polar surface area (TPSA) is 40.5 Å². The SMILES string of the molecule is CCN(Cc1cccc(C=CC(=O)O)c1)c1ccccc1. The van der Waals surface area contributed by atoms with Crippen LogP contribution in [0.3, 0.4) is 0 Å². The van der Waals surface area contributed by atoms with Crippen molar-refractivity contribution in [1.82, 2.24) is 0 Å². The van der Waals surface area contributed by atoms with Crippen LogP contribution in [0.1, 0.15) is 18.1 Å². The average Bonchev–Trinajstić information content (AvgIpc) is 2.52. The van der Waals surface area contributed by atoms with E-state index in [-0.39, 0.29) is 0 Å². The molecule has 0 aliphatic heterocycles. The maximum atomic E-state index is 10.6.